The standard InChI is InChI=1S/C13H8Cl2N2O2S/c14-9-3-1-4-10(15)8(9)7-20-13-17-16-12(19-13)11-5-2-6-18-11/h1-6H,7H2. The Morgan fingerprint density at radius 2 is 1.85 bits per heavy atom. The van der Waals surface area contributed by atoms with Gasteiger partial charge in [-0.2, -0.15) is 0 Å². The molecule has 0 spiro atoms. The number of furan rings is 1. The Labute approximate surface area is 129 Å². The highest BCUT2D eigenvalue weighted by atomic mass is 35.5. The summed E-state index contributed by atoms with van der Waals surface area (Å²) in [6, 6.07) is 8.92. The van der Waals surface area contributed by atoms with E-state index in [0.717, 1.165) is 5.56 Å². The fraction of sp³-hybridized carbons (Fsp3) is 0.0769. The van der Waals surface area contributed by atoms with Crippen molar-refractivity contribution in [3.63, 3.8) is 0 Å². The molecule has 0 aliphatic rings. The fourth-order valence-corrected chi connectivity index (χ4v) is 3.08. The molecular formula is C13H8Cl2N2O2S. The summed E-state index contributed by atoms with van der Waals surface area (Å²) >= 11 is 13.6. The van der Waals surface area contributed by atoms with Crippen molar-refractivity contribution in [1.29, 1.82) is 0 Å². The molecule has 0 bridgehead atoms. The lowest BCUT2D eigenvalue weighted by molar-refractivity contribution is 0.447. The van der Waals surface area contributed by atoms with Crippen LogP contribution >= 0.6 is 35.0 Å². The van der Waals surface area contributed by atoms with Crippen molar-refractivity contribution in [2.75, 3.05) is 0 Å². The molecule has 2 aromatic heterocycles. The molecule has 0 atom stereocenters. The van der Waals surface area contributed by atoms with E-state index in [9.17, 15) is 0 Å². The first-order chi connectivity index (χ1) is 9.74. The third-order valence-corrected chi connectivity index (χ3v) is 4.09. The summed E-state index contributed by atoms with van der Waals surface area (Å²) in [7, 11) is 0. The summed E-state index contributed by atoms with van der Waals surface area (Å²) in [6.45, 7) is 0. The highest BCUT2D eigenvalue weighted by Crippen LogP contribution is 2.32. The predicted molar refractivity (Wildman–Crippen MR) is 78.0 cm³/mol. The zero-order valence-corrected chi connectivity index (χ0v) is 12.4. The highest BCUT2D eigenvalue weighted by Gasteiger charge is 2.13. The molecule has 3 rings (SSSR count). The maximum absolute atomic E-state index is 6.10. The van der Waals surface area contributed by atoms with E-state index in [1.54, 1.807) is 36.6 Å². The van der Waals surface area contributed by atoms with Crippen LogP contribution in [0.5, 0.6) is 0 Å². The molecule has 0 radical (unpaired) electrons. The average Bonchev–Trinajstić information content (AvgIpc) is 3.09. The van der Waals surface area contributed by atoms with Crippen molar-refractivity contribution in [2.45, 2.75) is 11.0 Å². The number of hydrogen-bond donors (Lipinski definition) is 0. The van der Waals surface area contributed by atoms with Crippen LogP contribution in [0.2, 0.25) is 10.0 Å². The molecule has 102 valence electrons. The minimum Gasteiger partial charge on any atom is -0.459 e. The second-order valence-corrected chi connectivity index (χ2v) is 5.58. The topological polar surface area (TPSA) is 52.1 Å². The van der Waals surface area contributed by atoms with Gasteiger partial charge in [-0.15, -0.1) is 10.2 Å². The Morgan fingerprint density at radius 1 is 1.05 bits per heavy atom. The second-order valence-electron chi connectivity index (χ2n) is 3.84. The summed E-state index contributed by atoms with van der Waals surface area (Å²) in [5.74, 6) is 1.45. The highest BCUT2D eigenvalue weighted by molar-refractivity contribution is 7.98. The van der Waals surface area contributed by atoms with Gasteiger partial charge in [-0.05, 0) is 29.8 Å². The fourth-order valence-electron chi connectivity index (χ4n) is 1.57. The average molecular weight is 327 g/mol. The molecule has 0 amide bonds. The molecular weight excluding hydrogens is 319 g/mol. The monoisotopic (exact) mass is 326 g/mol. The van der Waals surface area contributed by atoms with Gasteiger partial charge in [-0.3, -0.25) is 0 Å². The van der Waals surface area contributed by atoms with Crippen molar-refractivity contribution >= 4 is 35.0 Å². The van der Waals surface area contributed by atoms with Crippen LogP contribution in [-0.2, 0) is 5.75 Å². The van der Waals surface area contributed by atoms with E-state index >= 15 is 0 Å². The Bertz CT molecular complexity index is 693. The second kappa shape index (κ2) is 5.91. The van der Waals surface area contributed by atoms with Crippen LogP contribution in [0.1, 0.15) is 5.56 Å². The van der Waals surface area contributed by atoms with Crippen molar-refractivity contribution in [2.24, 2.45) is 0 Å². The van der Waals surface area contributed by atoms with Gasteiger partial charge >= 0.3 is 0 Å². The predicted octanol–water partition coefficient (Wildman–Crippen LogP) is 4.93. The first kappa shape index (κ1) is 13.5. The van der Waals surface area contributed by atoms with Gasteiger partial charge < -0.3 is 8.83 Å². The normalized spacial score (nSPS) is 10.9. The van der Waals surface area contributed by atoms with Crippen LogP contribution < -0.4 is 0 Å². The lowest BCUT2D eigenvalue weighted by Gasteiger charge is -2.03. The minimum atomic E-state index is 0.350. The van der Waals surface area contributed by atoms with Crippen LogP contribution in [0, 0.1) is 0 Å². The molecule has 4 nitrogen and oxygen atoms in total. The molecule has 0 saturated heterocycles. The Balaban J connectivity index is 1.73. The molecule has 7 heteroatoms. The van der Waals surface area contributed by atoms with Crippen LogP contribution in [0.4, 0.5) is 0 Å². The van der Waals surface area contributed by atoms with Gasteiger partial charge in [-0.25, -0.2) is 0 Å². The Kier molecular flexibility index (Phi) is 4.00. The summed E-state index contributed by atoms with van der Waals surface area (Å²) in [6.07, 6.45) is 1.55. The van der Waals surface area contributed by atoms with Crippen LogP contribution in [0.3, 0.4) is 0 Å². The summed E-state index contributed by atoms with van der Waals surface area (Å²) < 4.78 is 10.7. The number of hydrogen-bond acceptors (Lipinski definition) is 5. The lowest BCUT2D eigenvalue weighted by atomic mass is 10.2. The maximum Gasteiger partial charge on any atom is 0.284 e. The molecule has 0 aliphatic heterocycles. The van der Waals surface area contributed by atoms with Crippen molar-refractivity contribution in [1.82, 2.24) is 10.2 Å². The van der Waals surface area contributed by atoms with E-state index < -0.39 is 0 Å². The largest absolute Gasteiger partial charge is 0.459 e. The van der Waals surface area contributed by atoms with Gasteiger partial charge in [0.25, 0.3) is 11.1 Å². The SMILES string of the molecule is Clc1cccc(Cl)c1CSc1nnc(-c2ccco2)o1. The zero-order valence-electron chi connectivity index (χ0n) is 10.0. The van der Waals surface area contributed by atoms with E-state index in [1.807, 2.05) is 0 Å². The number of nitrogens with zero attached hydrogens (tertiary/aromatic N) is 2. The van der Waals surface area contributed by atoms with Gasteiger partial charge in [-0.1, -0.05) is 41.0 Å². The molecule has 0 fully saturated rings. The first-order valence-electron chi connectivity index (χ1n) is 5.67. The Morgan fingerprint density at radius 3 is 2.55 bits per heavy atom. The maximum atomic E-state index is 6.10. The Hall–Kier alpha value is -1.43. The molecule has 0 unspecified atom stereocenters. The summed E-state index contributed by atoms with van der Waals surface area (Å²) in [4.78, 5) is 0. The minimum absolute atomic E-state index is 0.350. The molecule has 1 aromatic carbocycles. The van der Waals surface area contributed by atoms with Gasteiger partial charge in [0.2, 0.25) is 0 Å². The third-order valence-electron chi connectivity index (χ3n) is 2.54. The van der Waals surface area contributed by atoms with Crippen molar-refractivity contribution in [3.05, 3.63) is 52.2 Å². The van der Waals surface area contributed by atoms with Gasteiger partial charge in [0.15, 0.2) is 5.76 Å². The number of aromatic nitrogens is 2. The zero-order chi connectivity index (χ0) is 13.9. The lowest BCUT2D eigenvalue weighted by Crippen LogP contribution is -1.84. The first-order valence-corrected chi connectivity index (χ1v) is 7.41. The number of rotatable bonds is 4. The molecule has 0 aliphatic carbocycles. The van der Waals surface area contributed by atoms with Crippen molar-refractivity contribution in [3.8, 4) is 11.7 Å². The molecule has 2 heterocycles. The van der Waals surface area contributed by atoms with E-state index in [-0.39, 0.29) is 0 Å². The summed E-state index contributed by atoms with van der Waals surface area (Å²) in [5.41, 5.74) is 0.846. The van der Waals surface area contributed by atoms with Crippen LogP contribution in [0.15, 0.2) is 50.7 Å². The van der Waals surface area contributed by atoms with Crippen LogP contribution in [-0.4, -0.2) is 10.2 Å². The van der Waals surface area contributed by atoms with Gasteiger partial charge in [0.1, 0.15) is 0 Å². The molecule has 0 saturated carbocycles. The number of halogens is 2. The smallest absolute Gasteiger partial charge is 0.284 e. The molecule has 20 heavy (non-hydrogen) atoms. The summed E-state index contributed by atoms with van der Waals surface area (Å²) in [5, 5.41) is 9.54. The quantitative estimate of drug-likeness (QED) is 0.636. The van der Waals surface area contributed by atoms with Crippen molar-refractivity contribution < 1.29 is 8.83 Å². The molecule has 0 N–H and O–H groups in total. The number of benzene rings is 1. The van der Waals surface area contributed by atoms with E-state index in [2.05, 4.69) is 10.2 Å². The number of thioether (sulfide) groups is 1. The van der Waals surface area contributed by atoms with E-state index in [0.29, 0.717) is 32.7 Å². The molecule has 3 aromatic rings. The van der Waals surface area contributed by atoms with Gasteiger partial charge in [0, 0.05) is 15.8 Å². The van der Waals surface area contributed by atoms with Gasteiger partial charge in [0.05, 0.1) is 6.26 Å². The van der Waals surface area contributed by atoms with E-state index in [1.165, 1.54) is 11.8 Å². The third kappa shape index (κ3) is 2.85. The van der Waals surface area contributed by atoms with Crippen LogP contribution in [0.25, 0.3) is 11.7 Å². The van der Waals surface area contributed by atoms with E-state index in [4.69, 9.17) is 32.0 Å².